The van der Waals surface area contributed by atoms with E-state index in [9.17, 15) is 9.59 Å². The summed E-state index contributed by atoms with van der Waals surface area (Å²) in [6.45, 7) is 5.91. The van der Waals surface area contributed by atoms with Gasteiger partial charge >= 0.3 is 0 Å². The highest BCUT2D eigenvalue weighted by atomic mass is 16.2. The van der Waals surface area contributed by atoms with Gasteiger partial charge in [0.2, 0.25) is 0 Å². The molecule has 0 aromatic rings. The Kier molecular flexibility index (Phi) is 5.60. The van der Waals surface area contributed by atoms with E-state index in [1.54, 1.807) is 0 Å². The van der Waals surface area contributed by atoms with Crippen LogP contribution in [0.5, 0.6) is 0 Å². The highest BCUT2D eigenvalue weighted by molar-refractivity contribution is 6.37. The van der Waals surface area contributed by atoms with E-state index >= 15 is 0 Å². The summed E-state index contributed by atoms with van der Waals surface area (Å²) < 4.78 is 0. The van der Waals surface area contributed by atoms with Gasteiger partial charge in [-0.05, 0) is 12.3 Å². The lowest BCUT2D eigenvalue weighted by Crippen LogP contribution is -2.15. The molecule has 0 spiro atoms. The number of carbonyl (C=O) groups excluding carboxylic acids is 2. The van der Waals surface area contributed by atoms with E-state index in [4.69, 9.17) is 0 Å². The molecule has 0 heterocycles. The third-order valence-electron chi connectivity index (χ3n) is 1.66. The molecule has 0 unspecified atom stereocenters. The van der Waals surface area contributed by atoms with Gasteiger partial charge in [-0.3, -0.25) is 9.59 Å². The Bertz CT molecular complexity index is 159. The molecule has 0 aromatic heterocycles. The molecular formula is C10H18O2. The molecule has 2 nitrogen and oxygen atoms in total. The second-order valence-electron chi connectivity index (χ2n) is 3.55. The first-order valence-electron chi connectivity index (χ1n) is 4.64. The molecule has 0 atom stereocenters. The van der Waals surface area contributed by atoms with Gasteiger partial charge in [-0.2, -0.15) is 0 Å². The van der Waals surface area contributed by atoms with Crippen LogP contribution in [-0.2, 0) is 9.59 Å². The lowest BCUT2D eigenvalue weighted by molar-refractivity contribution is -0.137. The molecule has 0 saturated heterocycles. The van der Waals surface area contributed by atoms with E-state index in [1.165, 1.54) is 0 Å². The second kappa shape index (κ2) is 5.92. The predicted octanol–water partition coefficient (Wildman–Crippen LogP) is 2.36. The Hall–Kier alpha value is -0.660. The maximum absolute atomic E-state index is 11.1. The molecule has 0 amide bonds. The molecule has 0 saturated carbocycles. The maximum atomic E-state index is 11.1. The fourth-order valence-electron chi connectivity index (χ4n) is 0.961. The number of carbonyl (C=O) groups is 2. The first-order valence-corrected chi connectivity index (χ1v) is 4.64. The summed E-state index contributed by atoms with van der Waals surface area (Å²) in [6, 6.07) is 0. The van der Waals surface area contributed by atoms with Gasteiger partial charge in [0.25, 0.3) is 0 Å². The summed E-state index contributed by atoms with van der Waals surface area (Å²) in [5, 5.41) is 0. The molecule has 0 radical (unpaired) electrons. The van der Waals surface area contributed by atoms with Gasteiger partial charge < -0.3 is 0 Å². The highest BCUT2D eigenvalue weighted by Gasteiger charge is 2.13. The van der Waals surface area contributed by atoms with Crippen molar-refractivity contribution in [3.8, 4) is 0 Å². The largest absolute Gasteiger partial charge is 0.291 e. The Labute approximate surface area is 74.3 Å². The van der Waals surface area contributed by atoms with Gasteiger partial charge in [-0.15, -0.1) is 0 Å². The van der Waals surface area contributed by atoms with Crippen molar-refractivity contribution in [2.45, 2.75) is 46.5 Å². The first-order chi connectivity index (χ1) is 5.57. The van der Waals surface area contributed by atoms with E-state index in [1.807, 2.05) is 20.8 Å². The number of ketones is 2. The van der Waals surface area contributed by atoms with Crippen LogP contribution in [0.1, 0.15) is 46.5 Å². The molecule has 0 aliphatic rings. The van der Waals surface area contributed by atoms with Gasteiger partial charge in [-0.1, -0.05) is 27.2 Å². The lowest BCUT2D eigenvalue weighted by Gasteiger charge is -2.01. The van der Waals surface area contributed by atoms with Crippen LogP contribution in [0.25, 0.3) is 0 Å². The fourth-order valence-corrected chi connectivity index (χ4v) is 0.961. The van der Waals surface area contributed by atoms with Crippen LogP contribution < -0.4 is 0 Å². The van der Waals surface area contributed by atoms with Crippen LogP contribution in [-0.4, -0.2) is 11.6 Å². The van der Waals surface area contributed by atoms with E-state index < -0.39 is 0 Å². The summed E-state index contributed by atoms with van der Waals surface area (Å²) in [4.78, 5) is 22.2. The average Bonchev–Trinajstić information content (AvgIpc) is 1.98. The molecule has 2 heteroatoms. The smallest absolute Gasteiger partial charge is 0.198 e. The molecule has 0 N–H and O–H groups in total. The quantitative estimate of drug-likeness (QED) is 0.573. The number of unbranched alkanes of at least 4 members (excludes halogenated alkanes) is 1. The number of rotatable bonds is 6. The van der Waals surface area contributed by atoms with Crippen molar-refractivity contribution in [2.75, 3.05) is 0 Å². The van der Waals surface area contributed by atoms with Gasteiger partial charge in [-0.25, -0.2) is 0 Å². The van der Waals surface area contributed by atoms with Crippen LogP contribution in [0.3, 0.4) is 0 Å². The van der Waals surface area contributed by atoms with Crippen molar-refractivity contribution >= 4 is 11.6 Å². The Morgan fingerprint density at radius 3 is 2.17 bits per heavy atom. The molecule has 0 fully saturated rings. The van der Waals surface area contributed by atoms with E-state index in [2.05, 4.69) is 0 Å². The van der Waals surface area contributed by atoms with E-state index in [-0.39, 0.29) is 11.6 Å². The van der Waals surface area contributed by atoms with Gasteiger partial charge in [0, 0.05) is 12.8 Å². The molecule has 0 bridgehead atoms. The van der Waals surface area contributed by atoms with Crippen molar-refractivity contribution in [2.24, 2.45) is 5.92 Å². The maximum Gasteiger partial charge on any atom is 0.198 e. The molecule has 0 rings (SSSR count). The normalized spacial score (nSPS) is 10.3. The van der Waals surface area contributed by atoms with Crippen molar-refractivity contribution in [1.29, 1.82) is 0 Å². The van der Waals surface area contributed by atoms with Crippen LogP contribution in [0.4, 0.5) is 0 Å². The molecule has 0 aliphatic heterocycles. The second-order valence-corrected chi connectivity index (χ2v) is 3.55. The van der Waals surface area contributed by atoms with Crippen LogP contribution in [0.15, 0.2) is 0 Å². The topological polar surface area (TPSA) is 34.1 Å². The Morgan fingerprint density at radius 2 is 1.75 bits per heavy atom. The summed E-state index contributed by atoms with van der Waals surface area (Å²) in [5.41, 5.74) is 0. The standard InChI is InChI=1S/C10H18O2/c1-4-5-6-9(11)10(12)7-8(2)3/h8H,4-7H2,1-3H3. The molecule has 0 aromatic carbocycles. The fraction of sp³-hybridized carbons (Fsp3) is 0.800. The average molecular weight is 170 g/mol. The SMILES string of the molecule is CCCCC(=O)C(=O)CC(C)C. The summed E-state index contributed by atoms with van der Waals surface area (Å²) in [5.74, 6) is -0.0907. The molecule has 0 aliphatic carbocycles. The van der Waals surface area contributed by atoms with Crippen LogP contribution in [0, 0.1) is 5.92 Å². The van der Waals surface area contributed by atoms with E-state index in [0.717, 1.165) is 12.8 Å². The van der Waals surface area contributed by atoms with Gasteiger partial charge in [0.05, 0.1) is 0 Å². The van der Waals surface area contributed by atoms with Gasteiger partial charge in [0.15, 0.2) is 11.6 Å². The third-order valence-corrected chi connectivity index (χ3v) is 1.66. The Balaban J connectivity index is 3.70. The number of Topliss-reactive ketones (excluding diaryl/α,β-unsaturated/α-hetero) is 2. The molecule has 12 heavy (non-hydrogen) atoms. The summed E-state index contributed by atoms with van der Waals surface area (Å²) in [7, 11) is 0. The van der Waals surface area contributed by atoms with Crippen molar-refractivity contribution in [3.05, 3.63) is 0 Å². The highest BCUT2D eigenvalue weighted by Crippen LogP contribution is 2.04. The van der Waals surface area contributed by atoms with E-state index in [0.29, 0.717) is 18.8 Å². The van der Waals surface area contributed by atoms with Crippen LogP contribution >= 0.6 is 0 Å². The van der Waals surface area contributed by atoms with Crippen molar-refractivity contribution < 1.29 is 9.59 Å². The zero-order valence-electron chi connectivity index (χ0n) is 8.22. The molecular weight excluding hydrogens is 152 g/mol. The summed E-state index contributed by atoms with van der Waals surface area (Å²) >= 11 is 0. The Morgan fingerprint density at radius 1 is 1.17 bits per heavy atom. The monoisotopic (exact) mass is 170 g/mol. The predicted molar refractivity (Wildman–Crippen MR) is 49.0 cm³/mol. The minimum atomic E-state index is -0.196. The molecule has 70 valence electrons. The minimum Gasteiger partial charge on any atom is -0.291 e. The first kappa shape index (κ1) is 11.3. The van der Waals surface area contributed by atoms with Crippen molar-refractivity contribution in [3.63, 3.8) is 0 Å². The lowest BCUT2D eigenvalue weighted by atomic mass is 10.0. The zero-order chi connectivity index (χ0) is 9.56. The van der Waals surface area contributed by atoms with Gasteiger partial charge in [0.1, 0.15) is 0 Å². The third kappa shape index (κ3) is 5.05. The zero-order valence-corrected chi connectivity index (χ0v) is 8.22. The number of hydrogen-bond acceptors (Lipinski definition) is 2. The van der Waals surface area contributed by atoms with Crippen molar-refractivity contribution in [1.82, 2.24) is 0 Å². The van der Waals surface area contributed by atoms with Crippen LogP contribution in [0.2, 0.25) is 0 Å². The minimum absolute atomic E-state index is 0.189. The number of hydrogen-bond donors (Lipinski definition) is 0. The summed E-state index contributed by atoms with van der Waals surface area (Å²) in [6.07, 6.45) is 2.65.